The Morgan fingerprint density at radius 2 is 2.00 bits per heavy atom. The van der Waals surface area contributed by atoms with E-state index in [4.69, 9.17) is 5.11 Å². The summed E-state index contributed by atoms with van der Waals surface area (Å²) in [4.78, 5) is 6.66. The maximum Gasteiger partial charge on any atom is 0.157 e. The molecule has 0 saturated heterocycles. The third-order valence-corrected chi connectivity index (χ3v) is 2.09. The van der Waals surface area contributed by atoms with Gasteiger partial charge < -0.3 is 20.3 Å². The first-order valence-electron chi connectivity index (χ1n) is 4.37. The van der Waals surface area contributed by atoms with Gasteiger partial charge in [-0.1, -0.05) is 6.07 Å². The van der Waals surface area contributed by atoms with E-state index in [1.807, 2.05) is 0 Å². The lowest BCUT2D eigenvalue weighted by Crippen LogP contribution is -2.01. The molecule has 0 saturated carbocycles. The molecule has 1 aromatic heterocycles. The number of nitrogens with one attached hydrogen (secondary N) is 1. The molecule has 2 rings (SSSR count). The zero-order chi connectivity index (χ0) is 10.8. The number of rotatable bonds is 2. The van der Waals surface area contributed by atoms with E-state index in [1.54, 1.807) is 6.20 Å². The fraction of sp³-hybridized carbons (Fsp3) is 0.100. The average Bonchev–Trinajstić information content (AvgIpc) is 2.74. The first kappa shape index (κ1) is 9.54. The monoisotopic (exact) mass is 206 g/mol. The first-order valence-corrected chi connectivity index (χ1v) is 4.37. The Labute approximate surface area is 85.7 Å². The lowest BCUT2D eigenvalue weighted by molar-refractivity contribution is 0.210. The van der Waals surface area contributed by atoms with Gasteiger partial charge in [-0.15, -0.1) is 0 Å². The van der Waals surface area contributed by atoms with Gasteiger partial charge >= 0.3 is 0 Å². The van der Waals surface area contributed by atoms with Crippen molar-refractivity contribution in [3.8, 4) is 11.5 Å². The average molecular weight is 206 g/mol. The number of phenols is 2. The van der Waals surface area contributed by atoms with Crippen LogP contribution in [0.1, 0.15) is 17.5 Å². The van der Waals surface area contributed by atoms with Crippen LogP contribution in [0.4, 0.5) is 0 Å². The molecule has 0 radical (unpaired) electrons. The van der Waals surface area contributed by atoms with Crippen LogP contribution in [0, 0.1) is 0 Å². The van der Waals surface area contributed by atoms with Crippen LogP contribution >= 0.6 is 0 Å². The lowest BCUT2D eigenvalue weighted by Gasteiger charge is -2.08. The zero-order valence-corrected chi connectivity index (χ0v) is 7.75. The Morgan fingerprint density at radius 3 is 2.60 bits per heavy atom. The molecule has 1 atom stereocenters. The summed E-state index contributed by atoms with van der Waals surface area (Å²) in [6, 6.07) is 4.13. The third kappa shape index (κ3) is 1.77. The fourth-order valence-electron chi connectivity index (χ4n) is 1.30. The number of aliphatic hydroxyl groups excluding tert-OH is 1. The molecule has 2 aromatic rings. The number of hydrogen-bond acceptors (Lipinski definition) is 4. The Kier molecular flexibility index (Phi) is 2.31. The minimum atomic E-state index is -0.938. The Morgan fingerprint density at radius 1 is 1.20 bits per heavy atom. The second-order valence-corrected chi connectivity index (χ2v) is 3.13. The minimum Gasteiger partial charge on any atom is -0.504 e. The maximum atomic E-state index is 9.81. The van der Waals surface area contributed by atoms with E-state index >= 15 is 0 Å². The standard InChI is InChI=1S/C10H10N2O3/c13-7-2-1-6(5-8(7)14)9(15)10-11-3-4-12-10/h1-5,9,13-15H,(H,11,12)/t9-/m0/s1. The minimum absolute atomic E-state index is 0.217. The van der Waals surface area contributed by atoms with E-state index in [0.717, 1.165) is 0 Å². The van der Waals surface area contributed by atoms with Crippen molar-refractivity contribution in [2.75, 3.05) is 0 Å². The van der Waals surface area contributed by atoms with Gasteiger partial charge in [-0.05, 0) is 17.7 Å². The second kappa shape index (κ2) is 3.62. The summed E-state index contributed by atoms with van der Waals surface area (Å²) >= 11 is 0. The normalized spacial score (nSPS) is 12.6. The molecular formula is C10H10N2O3. The number of aromatic amines is 1. The second-order valence-electron chi connectivity index (χ2n) is 3.13. The number of imidazole rings is 1. The number of H-pyrrole nitrogens is 1. The molecule has 0 bridgehead atoms. The predicted octanol–water partition coefficient (Wildman–Crippen LogP) is 0.903. The van der Waals surface area contributed by atoms with Gasteiger partial charge in [0.15, 0.2) is 11.5 Å². The van der Waals surface area contributed by atoms with E-state index in [1.165, 1.54) is 24.4 Å². The Balaban J connectivity index is 2.34. The van der Waals surface area contributed by atoms with Crippen LogP contribution in [0.25, 0.3) is 0 Å². The van der Waals surface area contributed by atoms with E-state index < -0.39 is 6.10 Å². The van der Waals surface area contributed by atoms with Crippen molar-refractivity contribution in [1.29, 1.82) is 0 Å². The SMILES string of the molecule is Oc1ccc([C@H](O)c2ncc[nH]2)cc1O. The molecule has 15 heavy (non-hydrogen) atoms. The Hall–Kier alpha value is -2.01. The molecular weight excluding hydrogens is 196 g/mol. The fourth-order valence-corrected chi connectivity index (χ4v) is 1.30. The molecule has 0 fully saturated rings. The highest BCUT2D eigenvalue weighted by molar-refractivity contribution is 5.42. The molecule has 0 unspecified atom stereocenters. The molecule has 5 nitrogen and oxygen atoms in total. The van der Waals surface area contributed by atoms with Crippen LogP contribution < -0.4 is 0 Å². The van der Waals surface area contributed by atoms with Crippen molar-refractivity contribution in [2.24, 2.45) is 0 Å². The molecule has 78 valence electrons. The molecule has 4 N–H and O–H groups in total. The van der Waals surface area contributed by atoms with Gasteiger partial charge in [-0.2, -0.15) is 0 Å². The van der Waals surface area contributed by atoms with Crippen molar-refractivity contribution in [3.05, 3.63) is 42.0 Å². The molecule has 0 amide bonds. The lowest BCUT2D eigenvalue weighted by atomic mass is 10.1. The van der Waals surface area contributed by atoms with Crippen molar-refractivity contribution in [3.63, 3.8) is 0 Å². The van der Waals surface area contributed by atoms with E-state index in [-0.39, 0.29) is 11.5 Å². The van der Waals surface area contributed by atoms with Gasteiger partial charge in [0.05, 0.1) is 0 Å². The van der Waals surface area contributed by atoms with Crippen LogP contribution in [0.5, 0.6) is 11.5 Å². The van der Waals surface area contributed by atoms with Gasteiger partial charge in [0, 0.05) is 12.4 Å². The van der Waals surface area contributed by atoms with Crippen molar-refractivity contribution in [1.82, 2.24) is 9.97 Å². The third-order valence-electron chi connectivity index (χ3n) is 2.09. The summed E-state index contributed by atoms with van der Waals surface area (Å²) < 4.78 is 0. The number of phenolic OH excluding ortho intramolecular Hbond substituents is 2. The van der Waals surface area contributed by atoms with Gasteiger partial charge in [-0.3, -0.25) is 0 Å². The highest BCUT2D eigenvalue weighted by atomic mass is 16.3. The van der Waals surface area contributed by atoms with Gasteiger partial charge in [0.2, 0.25) is 0 Å². The van der Waals surface area contributed by atoms with E-state index in [9.17, 15) is 10.2 Å². The molecule has 1 aromatic carbocycles. The number of aromatic hydroxyl groups is 2. The number of aliphatic hydroxyl groups is 1. The zero-order valence-electron chi connectivity index (χ0n) is 7.75. The van der Waals surface area contributed by atoms with Crippen molar-refractivity contribution >= 4 is 0 Å². The Bertz CT molecular complexity index is 454. The number of nitrogens with zero attached hydrogens (tertiary/aromatic N) is 1. The van der Waals surface area contributed by atoms with Crippen molar-refractivity contribution in [2.45, 2.75) is 6.10 Å². The van der Waals surface area contributed by atoms with Crippen LogP contribution in [-0.4, -0.2) is 25.3 Å². The van der Waals surface area contributed by atoms with E-state index in [2.05, 4.69) is 9.97 Å². The summed E-state index contributed by atoms with van der Waals surface area (Å²) in [5.41, 5.74) is 0.459. The first-order chi connectivity index (χ1) is 7.18. The topological polar surface area (TPSA) is 89.4 Å². The highest BCUT2D eigenvalue weighted by Gasteiger charge is 2.14. The summed E-state index contributed by atoms with van der Waals surface area (Å²) in [7, 11) is 0. The summed E-state index contributed by atoms with van der Waals surface area (Å²) in [6.07, 6.45) is 2.18. The van der Waals surface area contributed by atoms with E-state index in [0.29, 0.717) is 11.4 Å². The quantitative estimate of drug-likeness (QED) is 0.549. The molecule has 5 heteroatoms. The summed E-state index contributed by atoms with van der Waals surface area (Å²) in [5.74, 6) is -0.0939. The van der Waals surface area contributed by atoms with Gasteiger partial charge in [0.1, 0.15) is 11.9 Å². The number of benzene rings is 1. The molecule has 0 aliphatic heterocycles. The van der Waals surface area contributed by atoms with Crippen LogP contribution in [0.2, 0.25) is 0 Å². The molecule has 0 spiro atoms. The summed E-state index contributed by atoms with van der Waals surface area (Å²) in [6.45, 7) is 0. The van der Waals surface area contributed by atoms with Crippen LogP contribution in [0.3, 0.4) is 0 Å². The smallest absolute Gasteiger partial charge is 0.157 e. The largest absolute Gasteiger partial charge is 0.504 e. The van der Waals surface area contributed by atoms with Gasteiger partial charge in [-0.25, -0.2) is 4.98 Å². The van der Waals surface area contributed by atoms with Crippen LogP contribution in [-0.2, 0) is 0 Å². The molecule has 0 aliphatic rings. The predicted molar refractivity (Wildman–Crippen MR) is 52.4 cm³/mol. The number of aromatic nitrogens is 2. The molecule has 0 aliphatic carbocycles. The van der Waals surface area contributed by atoms with Crippen LogP contribution in [0.15, 0.2) is 30.6 Å². The maximum absolute atomic E-state index is 9.81. The van der Waals surface area contributed by atoms with Crippen molar-refractivity contribution < 1.29 is 15.3 Å². The summed E-state index contributed by atoms with van der Waals surface area (Å²) in [5, 5.41) is 28.2. The number of hydrogen-bond donors (Lipinski definition) is 4. The highest BCUT2D eigenvalue weighted by Crippen LogP contribution is 2.29. The van der Waals surface area contributed by atoms with Gasteiger partial charge in [0.25, 0.3) is 0 Å². The molecule has 1 heterocycles.